The van der Waals surface area contributed by atoms with E-state index in [1.165, 1.54) is 0 Å². The summed E-state index contributed by atoms with van der Waals surface area (Å²) in [6, 6.07) is 20.9. The van der Waals surface area contributed by atoms with Crippen molar-refractivity contribution in [1.82, 2.24) is 19.4 Å². The molecule has 0 spiro atoms. The Labute approximate surface area is 188 Å². The van der Waals surface area contributed by atoms with Crippen LogP contribution in [0.3, 0.4) is 0 Å². The fourth-order valence-electron chi connectivity index (χ4n) is 4.13. The van der Waals surface area contributed by atoms with Gasteiger partial charge in [-0.15, -0.1) is 0 Å². The Morgan fingerprint density at radius 1 is 0.939 bits per heavy atom. The molecule has 7 nitrogen and oxygen atoms in total. The summed E-state index contributed by atoms with van der Waals surface area (Å²) >= 11 is 0. The van der Waals surface area contributed by atoms with Gasteiger partial charge >= 0.3 is 0 Å². The first-order chi connectivity index (χ1) is 16.2. The maximum atomic E-state index is 11.3. The second-order valence-electron chi connectivity index (χ2n) is 7.79. The second-order valence-corrected chi connectivity index (χ2v) is 7.79. The average molecular weight is 433 g/mol. The topological polar surface area (TPSA) is 102 Å². The van der Waals surface area contributed by atoms with Crippen LogP contribution in [0, 0.1) is 0 Å². The van der Waals surface area contributed by atoms with Crippen molar-refractivity contribution in [3.05, 3.63) is 96.8 Å². The number of hydrogen-bond donors (Lipinski definition) is 2. The van der Waals surface area contributed by atoms with Gasteiger partial charge in [0, 0.05) is 28.4 Å². The van der Waals surface area contributed by atoms with Crippen molar-refractivity contribution in [1.29, 1.82) is 0 Å². The standard InChI is InChI=1S/C26H19N5O2/c27-17-9-7-16(8-10-17)23-15-29-24(20-11-12-28-21-6-2-1-5-19(20)21)25-30-22(26(32)31(23)25)14-18-4-3-13-33-18/h1-13,15,32H,14,27H2. The van der Waals surface area contributed by atoms with Crippen molar-refractivity contribution in [2.45, 2.75) is 6.42 Å². The van der Waals surface area contributed by atoms with Gasteiger partial charge in [0.2, 0.25) is 5.88 Å². The molecule has 0 aliphatic heterocycles. The summed E-state index contributed by atoms with van der Waals surface area (Å²) in [4.78, 5) is 14.1. The van der Waals surface area contributed by atoms with Gasteiger partial charge in [0.1, 0.15) is 17.1 Å². The third-order valence-corrected chi connectivity index (χ3v) is 5.72. The number of furan rings is 1. The minimum atomic E-state index is 0.0511. The molecular formula is C26H19N5O2. The molecular weight excluding hydrogens is 414 g/mol. The van der Waals surface area contributed by atoms with Crippen LogP contribution in [0.4, 0.5) is 5.69 Å². The first-order valence-electron chi connectivity index (χ1n) is 10.5. The number of nitrogens with two attached hydrogens (primary N) is 1. The van der Waals surface area contributed by atoms with E-state index in [4.69, 9.17) is 20.1 Å². The molecule has 6 aromatic rings. The minimum absolute atomic E-state index is 0.0511. The van der Waals surface area contributed by atoms with Crippen LogP contribution in [0.5, 0.6) is 5.88 Å². The maximum absolute atomic E-state index is 11.3. The number of fused-ring (bicyclic) bond motifs is 2. The molecule has 0 aliphatic rings. The third-order valence-electron chi connectivity index (χ3n) is 5.72. The Morgan fingerprint density at radius 3 is 2.61 bits per heavy atom. The van der Waals surface area contributed by atoms with E-state index < -0.39 is 0 Å². The summed E-state index contributed by atoms with van der Waals surface area (Å²) in [5.74, 6) is 0.766. The van der Waals surface area contributed by atoms with E-state index in [0.717, 1.165) is 22.0 Å². The third kappa shape index (κ3) is 3.18. The predicted octanol–water partition coefficient (Wildman–Crippen LogP) is 5.08. The summed E-state index contributed by atoms with van der Waals surface area (Å²) in [5, 5.41) is 12.2. The number of hydrogen-bond acceptors (Lipinski definition) is 6. The van der Waals surface area contributed by atoms with Gasteiger partial charge < -0.3 is 15.3 Å². The number of benzene rings is 2. The van der Waals surface area contributed by atoms with Crippen molar-refractivity contribution >= 4 is 22.2 Å². The fourth-order valence-corrected chi connectivity index (χ4v) is 4.13. The van der Waals surface area contributed by atoms with Crippen LogP contribution >= 0.6 is 0 Å². The van der Waals surface area contributed by atoms with Crippen LogP contribution < -0.4 is 5.73 Å². The lowest BCUT2D eigenvalue weighted by Gasteiger charge is -2.11. The highest BCUT2D eigenvalue weighted by Gasteiger charge is 2.21. The van der Waals surface area contributed by atoms with Crippen molar-refractivity contribution < 1.29 is 9.52 Å². The number of aromatic hydroxyl groups is 1. The van der Waals surface area contributed by atoms with E-state index in [-0.39, 0.29) is 5.88 Å². The van der Waals surface area contributed by atoms with E-state index in [2.05, 4.69) is 4.98 Å². The van der Waals surface area contributed by atoms with Gasteiger partial charge in [-0.1, -0.05) is 30.3 Å². The number of pyridine rings is 1. The Kier molecular flexibility index (Phi) is 4.33. The molecule has 160 valence electrons. The van der Waals surface area contributed by atoms with Gasteiger partial charge in [0.05, 0.1) is 30.1 Å². The van der Waals surface area contributed by atoms with E-state index in [1.54, 1.807) is 23.1 Å². The number of rotatable bonds is 4. The molecule has 0 fully saturated rings. The summed E-state index contributed by atoms with van der Waals surface area (Å²) in [5.41, 5.74) is 11.6. The molecule has 33 heavy (non-hydrogen) atoms. The van der Waals surface area contributed by atoms with E-state index in [1.807, 2.05) is 66.7 Å². The van der Waals surface area contributed by atoms with Gasteiger partial charge in [-0.25, -0.2) is 4.98 Å². The molecule has 0 atom stereocenters. The van der Waals surface area contributed by atoms with Crippen LogP contribution in [0.15, 0.2) is 89.8 Å². The molecule has 0 bridgehead atoms. The van der Waals surface area contributed by atoms with Crippen molar-refractivity contribution in [3.63, 3.8) is 0 Å². The minimum Gasteiger partial charge on any atom is -0.493 e. The largest absolute Gasteiger partial charge is 0.493 e. The second kappa shape index (κ2) is 7.49. The van der Waals surface area contributed by atoms with Gasteiger partial charge in [-0.3, -0.25) is 14.4 Å². The lowest BCUT2D eigenvalue weighted by molar-refractivity contribution is 0.439. The number of nitrogen functional groups attached to an aromatic ring is 1. The normalized spacial score (nSPS) is 11.4. The Balaban J connectivity index is 1.64. The van der Waals surface area contributed by atoms with Gasteiger partial charge in [0.15, 0.2) is 5.65 Å². The smallest absolute Gasteiger partial charge is 0.220 e. The van der Waals surface area contributed by atoms with Gasteiger partial charge in [-0.2, -0.15) is 0 Å². The molecule has 0 unspecified atom stereocenters. The molecule has 6 rings (SSSR count). The van der Waals surface area contributed by atoms with Gasteiger partial charge in [0.25, 0.3) is 0 Å². The highest BCUT2D eigenvalue weighted by Crippen LogP contribution is 2.35. The summed E-state index contributed by atoms with van der Waals surface area (Å²) < 4.78 is 7.23. The van der Waals surface area contributed by atoms with E-state index in [0.29, 0.717) is 40.6 Å². The SMILES string of the molecule is Nc1ccc(-c2cnc(-c3ccnc4ccccc34)c3nc(Cc4ccco4)c(O)n23)cc1. The molecule has 4 heterocycles. The monoisotopic (exact) mass is 433 g/mol. The number of para-hydroxylation sites is 1. The molecule has 0 saturated carbocycles. The van der Waals surface area contributed by atoms with Crippen LogP contribution in [0.2, 0.25) is 0 Å². The van der Waals surface area contributed by atoms with Crippen molar-refractivity contribution in [2.24, 2.45) is 0 Å². The Hall–Kier alpha value is -4.65. The number of anilines is 1. The lowest BCUT2D eigenvalue weighted by Crippen LogP contribution is -1.98. The first-order valence-corrected chi connectivity index (χ1v) is 10.5. The highest BCUT2D eigenvalue weighted by molar-refractivity contribution is 5.97. The van der Waals surface area contributed by atoms with Crippen LogP contribution in [-0.4, -0.2) is 24.5 Å². The van der Waals surface area contributed by atoms with Crippen LogP contribution in [-0.2, 0) is 6.42 Å². The first kappa shape index (κ1) is 19.1. The zero-order chi connectivity index (χ0) is 22.4. The predicted molar refractivity (Wildman–Crippen MR) is 127 cm³/mol. The fraction of sp³-hybridized carbons (Fsp3) is 0.0385. The van der Waals surface area contributed by atoms with Crippen LogP contribution in [0.1, 0.15) is 11.5 Å². The molecule has 2 aromatic carbocycles. The molecule has 7 heteroatoms. The zero-order valence-corrected chi connectivity index (χ0v) is 17.5. The molecule has 3 N–H and O–H groups in total. The number of aromatic nitrogens is 4. The summed E-state index contributed by atoms with van der Waals surface area (Å²) in [6.07, 6.45) is 5.48. The zero-order valence-electron chi connectivity index (χ0n) is 17.5. The van der Waals surface area contributed by atoms with E-state index >= 15 is 0 Å². The quantitative estimate of drug-likeness (QED) is 0.376. The number of imidazole rings is 1. The molecule has 0 saturated heterocycles. The highest BCUT2D eigenvalue weighted by atomic mass is 16.3. The van der Waals surface area contributed by atoms with Crippen molar-refractivity contribution in [3.8, 4) is 28.4 Å². The Morgan fingerprint density at radius 2 is 1.79 bits per heavy atom. The number of nitrogens with zero attached hydrogens (tertiary/aromatic N) is 4. The average Bonchev–Trinajstić information content (AvgIpc) is 3.47. The molecule has 0 radical (unpaired) electrons. The van der Waals surface area contributed by atoms with Gasteiger partial charge in [-0.05, 0) is 36.4 Å². The lowest BCUT2D eigenvalue weighted by atomic mass is 10.1. The molecule has 0 aliphatic carbocycles. The van der Waals surface area contributed by atoms with Crippen molar-refractivity contribution in [2.75, 3.05) is 5.73 Å². The summed E-state index contributed by atoms with van der Waals surface area (Å²) in [7, 11) is 0. The molecule has 4 aromatic heterocycles. The van der Waals surface area contributed by atoms with E-state index in [9.17, 15) is 5.11 Å². The van der Waals surface area contributed by atoms with Crippen LogP contribution in [0.25, 0.3) is 39.1 Å². The summed E-state index contributed by atoms with van der Waals surface area (Å²) in [6.45, 7) is 0. The maximum Gasteiger partial charge on any atom is 0.220 e. The Bertz CT molecular complexity index is 1600. The molecule has 0 amide bonds.